The molecule has 1 aliphatic rings. The van der Waals surface area contributed by atoms with Crippen LogP contribution in [0.2, 0.25) is 0 Å². The molecule has 3 aromatic rings. The number of amides is 1. The minimum atomic E-state index is 0.0125. The maximum atomic E-state index is 12.7. The second kappa shape index (κ2) is 5.97. The second-order valence-electron chi connectivity index (χ2n) is 6.25. The van der Waals surface area contributed by atoms with Gasteiger partial charge in [-0.25, -0.2) is 0 Å². The van der Waals surface area contributed by atoms with Crippen molar-refractivity contribution in [3.05, 3.63) is 107 Å². The van der Waals surface area contributed by atoms with Gasteiger partial charge < -0.3 is 4.90 Å². The van der Waals surface area contributed by atoms with Crippen LogP contribution >= 0.6 is 0 Å². The highest BCUT2D eigenvalue weighted by Gasteiger charge is 2.39. The van der Waals surface area contributed by atoms with Crippen LogP contribution in [0.1, 0.15) is 39.0 Å². The molecule has 0 aliphatic carbocycles. The highest BCUT2D eigenvalue weighted by atomic mass is 16.2. The quantitative estimate of drug-likeness (QED) is 0.689. The summed E-state index contributed by atoms with van der Waals surface area (Å²) in [6.07, 6.45) is 0. The predicted octanol–water partition coefficient (Wildman–Crippen LogP) is 4.65. The Balaban J connectivity index is 1.90. The highest BCUT2D eigenvalue weighted by molar-refractivity contribution is 5.99. The van der Waals surface area contributed by atoms with Crippen molar-refractivity contribution in [1.82, 2.24) is 4.90 Å². The fourth-order valence-electron chi connectivity index (χ4n) is 3.76. The Labute approximate surface area is 142 Å². The van der Waals surface area contributed by atoms with Crippen LogP contribution in [0, 0.1) is 0 Å². The van der Waals surface area contributed by atoms with E-state index in [9.17, 15) is 4.79 Å². The Morgan fingerprint density at radius 2 is 1.25 bits per heavy atom. The third kappa shape index (κ3) is 2.31. The third-order valence-electron chi connectivity index (χ3n) is 4.88. The number of hydrogen-bond donors (Lipinski definition) is 0. The Hall–Kier alpha value is -2.87. The molecule has 0 N–H and O–H groups in total. The van der Waals surface area contributed by atoms with E-state index in [4.69, 9.17) is 0 Å². The van der Waals surface area contributed by atoms with Crippen LogP contribution in [0.4, 0.5) is 0 Å². The Morgan fingerprint density at radius 3 is 1.83 bits per heavy atom. The van der Waals surface area contributed by atoms with Gasteiger partial charge in [0.05, 0.1) is 6.04 Å². The largest absolute Gasteiger partial charge is 0.334 e. The molecule has 0 aromatic heterocycles. The first kappa shape index (κ1) is 14.7. The van der Waals surface area contributed by atoms with Crippen molar-refractivity contribution in [2.75, 3.05) is 7.05 Å². The van der Waals surface area contributed by atoms with Crippen LogP contribution < -0.4 is 0 Å². The summed E-state index contributed by atoms with van der Waals surface area (Å²) in [5.41, 5.74) is 4.39. The maximum Gasteiger partial charge on any atom is 0.254 e. The van der Waals surface area contributed by atoms with Crippen molar-refractivity contribution in [2.45, 2.75) is 12.0 Å². The molecular weight excluding hydrogens is 294 g/mol. The first-order chi connectivity index (χ1) is 11.8. The fraction of sp³-hybridized carbons (Fsp3) is 0.136. The summed E-state index contributed by atoms with van der Waals surface area (Å²) < 4.78 is 0. The molecule has 1 aliphatic heterocycles. The lowest BCUT2D eigenvalue weighted by molar-refractivity contribution is 0.0763. The zero-order valence-corrected chi connectivity index (χ0v) is 13.6. The number of benzene rings is 3. The lowest BCUT2D eigenvalue weighted by Crippen LogP contribution is -2.28. The van der Waals surface area contributed by atoms with Gasteiger partial charge in [-0.1, -0.05) is 78.9 Å². The Bertz CT molecular complexity index is 818. The van der Waals surface area contributed by atoms with E-state index < -0.39 is 0 Å². The van der Waals surface area contributed by atoms with Crippen molar-refractivity contribution in [3.63, 3.8) is 0 Å². The Kier molecular flexibility index (Phi) is 3.66. The molecule has 1 unspecified atom stereocenters. The number of hydrogen-bond acceptors (Lipinski definition) is 1. The molecule has 0 radical (unpaired) electrons. The van der Waals surface area contributed by atoms with Crippen LogP contribution in [0.25, 0.3) is 0 Å². The van der Waals surface area contributed by atoms with Crippen molar-refractivity contribution in [1.29, 1.82) is 0 Å². The minimum Gasteiger partial charge on any atom is -0.334 e. The van der Waals surface area contributed by atoms with Gasteiger partial charge in [-0.3, -0.25) is 4.79 Å². The zero-order chi connectivity index (χ0) is 16.5. The van der Waals surface area contributed by atoms with E-state index >= 15 is 0 Å². The summed E-state index contributed by atoms with van der Waals surface area (Å²) >= 11 is 0. The standard InChI is InChI=1S/C22H19NO/c1-23-21(18-14-8-9-15-19(18)22(23)24)20(16-10-4-2-5-11-16)17-12-6-3-7-13-17/h2-15,20-21H,1H3. The van der Waals surface area contributed by atoms with Gasteiger partial charge in [-0.2, -0.15) is 0 Å². The number of carbonyl (C=O) groups excluding carboxylic acids is 1. The van der Waals surface area contributed by atoms with Crippen LogP contribution in [0.5, 0.6) is 0 Å². The third-order valence-corrected chi connectivity index (χ3v) is 4.88. The van der Waals surface area contributed by atoms with Crippen molar-refractivity contribution >= 4 is 5.91 Å². The van der Waals surface area contributed by atoms with Crippen molar-refractivity contribution in [3.8, 4) is 0 Å². The first-order valence-electron chi connectivity index (χ1n) is 8.23. The molecule has 0 saturated heterocycles. The fourth-order valence-corrected chi connectivity index (χ4v) is 3.76. The van der Waals surface area contributed by atoms with Gasteiger partial charge in [-0.15, -0.1) is 0 Å². The molecular formula is C22H19NO. The molecule has 0 saturated carbocycles. The lowest BCUT2D eigenvalue weighted by Gasteiger charge is -2.30. The molecule has 1 atom stereocenters. The normalized spacial score (nSPS) is 16.5. The molecule has 0 fully saturated rings. The summed E-state index contributed by atoms with van der Waals surface area (Å²) in [5, 5.41) is 0. The monoisotopic (exact) mass is 313 g/mol. The second-order valence-corrected chi connectivity index (χ2v) is 6.25. The van der Waals surface area contributed by atoms with E-state index in [1.807, 2.05) is 42.3 Å². The van der Waals surface area contributed by atoms with Gasteiger partial charge >= 0.3 is 0 Å². The lowest BCUT2D eigenvalue weighted by atomic mass is 9.82. The molecule has 2 heteroatoms. The number of rotatable bonds is 3. The number of fused-ring (bicyclic) bond motifs is 1. The average molecular weight is 313 g/mol. The van der Waals surface area contributed by atoms with Gasteiger partial charge in [0.25, 0.3) is 5.91 Å². The Morgan fingerprint density at radius 1 is 0.750 bits per heavy atom. The molecule has 3 aromatic carbocycles. The smallest absolute Gasteiger partial charge is 0.254 e. The van der Waals surface area contributed by atoms with Gasteiger partial charge in [0, 0.05) is 18.5 Å². The van der Waals surface area contributed by atoms with Gasteiger partial charge in [0.15, 0.2) is 0 Å². The molecule has 1 heterocycles. The zero-order valence-electron chi connectivity index (χ0n) is 13.6. The van der Waals surface area contributed by atoms with E-state index in [-0.39, 0.29) is 17.9 Å². The summed E-state index contributed by atoms with van der Waals surface area (Å²) in [7, 11) is 1.91. The number of nitrogens with zero attached hydrogens (tertiary/aromatic N) is 1. The SMILES string of the molecule is CN1C(=O)c2ccccc2C1C(c1ccccc1)c1ccccc1. The number of carbonyl (C=O) groups is 1. The predicted molar refractivity (Wildman–Crippen MR) is 96.0 cm³/mol. The van der Waals surface area contributed by atoms with E-state index in [2.05, 4.69) is 54.6 Å². The average Bonchev–Trinajstić information content (AvgIpc) is 2.90. The van der Waals surface area contributed by atoms with Crippen molar-refractivity contribution < 1.29 is 4.79 Å². The molecule has 4 rings (SSSR count). The first-order valence-corrected chi connectivity index (χ1v) is 8.23. The summed E-state index contributed by atoms with van der Waals surface area (Å²) in [4.78, 5) is 14.6. The molecule has 0 bridgehead atoms. The molecule has 118 valence electrons. The van der Waals surface area contributed by atoms with Crippen molar-refractivity contribution in [2.24, 2.45) is 0 Å². The summed E-state index contributed by atoms with van der Waals surface area (Å²) in [5.74, 6) is 0.220. The molecule has 24 heavy (non-hydrogen) atoms. The van der Waals surface area contributed by atoms with E-state index in [1.165, 1.54) is 11.1 Å². The summed E-state index contributed by atoms with van der Waals surface area (Å²) in [6, 6.07) is 28.9. The summed E-state index contributed by atoms with van der Waals surface area (Å²) in [6.45, 7) is 0. The topological polar surface area (TPSA) is 20.3 Å². The molecule has 2 nitrogen and oxygen atoms in total. The van der Waals surface area contributed by atoms with Crippen LogP contribution in [0.3, 0.4) is 0 Å². The van der Waals surface area contributed by atoms with Crippen LogP contribution in [0.15, 0.2) is 84.9 Å². The van der Waals surface area contributed by atoms with Gasteiger partial charge in [-0.05, 0) is 22.8 Å². The van der Waals surface area contributed by atoms with Crippen LogP contribution in [-0.4, -0.2) is 17.9 Å². The van der Waals surface area contributed by atoms with Crippen LogP contribution in [-0.2, 0) is 0 Å². The highest BCUT2D eigenvalue weighted by Crippen LogP contribution is 2.45. The van der Waals surface area contributed by atoms with Gasteiger partial charge in [0.2, 0.25) is 0 Å². The van der Waals surface area contributed by atoms with E-state index in [0.29, 0.717) is 0 Å². The van der Waals surface area contributed by atoms with E-state index in [1.54, 1.807) is 0 Å². The number of likely N-dealkylation sites (N-methyl/N-ethyl adjacent to an activating group) is 1. The maximum absolute atomic E-state index is 12.7. The van der Waals surface area contributed by atoms with Gasteiger partial charge in [0.1, 0.15) is 0 Å². The minimum absolute atomic E-state index is 0.0125. The molecule has 0 spiro atoms. The molecule has 1 amide bonds. The van der Waals surface area contributed by atoms with E-state index in [0.717, 1.165) is 11.1 Å².